The molecule has 1 aliphatic rings. The first-order valence-corrected chi connectivity index (χ1v) is 10.7. The molecule has 1 amide bonds. The van der Waals surface area contributed by atoms with E-state index in [9.17, 15) is 14.7 Å². The standard InChI is InChI=1S/C25H29NO6/c1-4-5-15-32-20-12-6-17(7-13-20)22-21(24(28)25(29)26(22)14-16-30-2)23(27)18-8-10-19(31-3)11-9-18/h6-13,22,27H,4-5,14-16H2,1-3H3/b23-21-. The number of aliphatic hydroxyl groups excluding tert-OH is 1. The van der Waals surface area contributed by atoms with Crippen LogP contribution in [0.1, 0.15) is 36.9 Å². The summed E-state index contributed by atoms with van der Waals surface area (Å²) in [4.78, 5) is 27.2. The van der Waals surface area contributed by atoms with Crippen LogP contribution in [0, 0.1) is 0 Å². The first-order valence-electron chi connectivity index (χ1n) is 10.7. The number of ketones is 1. The van der Waals surface area contributed by atoms with Gasteiger partial charge in [0.15, 0.2) is 0 Å². The summed E-state index contributed by atoms with van der Waals surface area (Å²) in [6.45, 7) is 3.21. The molecule has 1 atom stereocenters. The van der Waals surface area contributed by atoms with Crippen LogP contribution in [0.4, 0.5) is 0 Å². The van der Waals surface area contributed by atoms with E-state index in [1.165, 1.54) is 12.0 Å². The van der Waals surface area contributed by atoms with Gasteiger partial charge in [0.05, 0.1) is 31.9 Å². The maximum atomic E-state index is 12.9. The Labute approximate surface area is 188 Å². The molecule has 1 fully saturated rings. The third-order valence-electron chi connectivity index (χ3n) is 5.40. The van der Waals surface area contributed by atoms with Gasteiger partial charge in [-0.05, 0) is 48.4 Å². The highest BCUT2D eigenvalue weighted by atomic mass is 16.5. The predicted octanol–water partition coefficient (Wildman–Crippen LogP) is 3.94. The SMILES string of the molecule is CCCCOc1ccc(C2/C(=C(/O)c3ccc(OC)cc3)C(=O)C(=O)N2CCOC)cc1. The van der Waals surface area contributed by atoms with Crippen molar-refractivity contribution in [1.82, 2.24) is 4.90 Å². The summed E-state index contributed by atoms with van der Waals surface area (Å²) >= 11 is 0. The van der Waals surface area contributed by atoms with Crippen molar-refractivity contribution in [2.24, 2.45) is 0 Å². The van der Waals surface area contributed by atoms with Crippen LogP contribution < -0.4 is 9.47 Å². The number of methoxy groups -OCH3 is 2. The Morgan fingerprint density at radius 1 is 0.969 bits per heavy atom. The van der Waals surface area contributed by atoms with Crippen molar-refractivity contribution in [3.05, 3.63) is 65.2 Å². The van der Waals surface area contributed by atoms with Crippen molar-refractivity contribution in [2.75, 3.05) is 34.0 Å². The van der Waals surface area contributed by atoms with Crippen molar-refractivity contribution in [1.29, 1.82) is 0 Å². The van der Waals surface area contributed by atoms with Crippen molar-refractivity contribution >= 4 is 17.4 Å². The van der Waals surface area contributed by atoms with E-state index in [2.05, 4.69) is 6.92 Å². The van der Waals surface area contributed by atoms with Gasteiger partial charge >= 0.3 is 0 Å². The van der Waals surface area contributed by atoms with E-state index in [0.29, 0.717) is 29.2 Å². The zero-order valence-electron chi connectivity index (χ0n) is 18.7. The molecule has 3 rings (SSSR count). The maximum Gasteiger partial charge on any atom is 0.295 e. The lowest BCUT2D eigenvalue weighted by molar-refractivity contribution is -0.140. The van der Waals surface area contributed by atoms with Gasteiger partial charge in [0.25, 0.3) is 11.7 Å². The largest absolute Gasteiger partial charge is 0.507 e. The molecule has 2 aromatic rings. The first-order chi connectivity index (χ1) is 15.5. The number of nitrogens with zero attached hydrogens (tertiary/aromatic N) is 1. The first kappa shape index (κ1) is 23.3. The second kappa shape index (κ2) is 10.8. The molecule has 32 heavy (non-hydrogen) atoms. The highest BCUT2D eigenvalue weighted by molar-refractivity contribution is 6.46. The summed E-state index contributed by atoms with van der Waals surface area (Å²) in [5, 5.41) is 11.0. The van der Waals surface area contributed by atoms with E-state index in [1.807, 2.05) is 24.3 Å². The Balaban J connectivity index is 2.01. The molecule has 1 aliphatic heterocycles. The minimum atomic E-state index is -0.725. The van der Waals surface area contributed by atoms with Gasteiger partial charge in [-0.1, -0.05) is 25.5 Å². The number of benzene rings is 2. The number of hydrogen-bond acceptors (Lipinski definition) is 6. The molecule has 0 radical (unpaired) electrons. The van der Waals surface area contributed by atoms with Crippen LogP contribution in [0.3, 0.4) is 0 Å². The fourth-order valence-corrected chi connectivity index (χ4v) is 3.63. The van der Waals surface area contributed by atoms with E-state index >= 15 is 0 Å². The van der Waals surface area contributed by atoms with Crippen molar-refractivity contribution in [3.63, 3.8) is 0 Å². The number of likely N-dealkylation sites (tertiary alicyclic amines) is 1. The third-order valence-corrected chi connectivity index (χ3v) is 5.40. The number of carbonyl (C=O) groups is 2. The van der Waals surface area contributed by atoms with Gasteiger partial charge < -0.3 is 24.2 Å². The molecule has 0 aromatic heterocycles. The van der Waals surface area contributed by atoms with Gasteiger partial charge in [-0.2, -0.15) is 0 Å². The minimum Gasteiger partial charge on any atom is -0.507 e. The van der Waals surface area contributed by atoms with Gasteiger partial charge in [-0.3, -0.25) is 9.59 Å². The summed E-state index contributed by atoms with van der Waals surface area (Å²) in [6, 6.07) is 13.2. The molecule has 0 bridgehead atoms. The van der Waals surface area contributed by atoms with E-state index in [4.69, 9.17) is 14.2 Å². The quantitative estimate of drug-likeness (QED) is 0.261. The van der Waals surface area contributed by atoms with Crippen LogP contribution in [0.5, 0.6) is 11.5 Å². The van der Waals surface area contributed by atoms with Gasteiger partial charge in [0.2, 0.25) is 0 Å². The monoisotopic (exact) mass is 439 g/mol. The molecule has 0 saturated carbocycles. The number of aliphatic hydroxyl groups is 1. The summed E-state index contributed by atoms with van der Waals surface area (Å²) in [7, 11) is 3.08. The summed E-state index contributed by atoms with van der Waals surface area (Å²) in [6.07, 6.45) is 2.00. The molecule has 0 aliphatic carbocycles. The number of hydrogen-bond donors (Lipinski definition) is 1. The molecule has 2 aromatic carbocycles. The predicted molar refractivity (Wildman–Crippen MR) is 121 cm³/mol. The average Bonchev–Trinajstić information content (AvgIpc) is 3.07. The van der Waals surface area contributed by atoms with Crippen LogP contribution in [0.25, 0.3) is 5.76 Å². The fraction of sp³-hybridized carbons (Fsp3) is 0.360. The molecule has 170 valence electrons. The number of rotatable bonds is 10. The third kappa shape index (κ3) is 4.94. The van der Waals surface area contributed by atoms with Crippen molar-refractivity contribution in [2.45, 2.75) is 25.8 Å². The summed E-state index contributed by atoms with van der Waals surface area (Å²) < 4.78 is 16.0. The molecule has 1 N–H and O–H groups in total. The Morgan fingerprint density at radius 3 is 2.22 bits per heavy atom. The molecule has 1 unspecified atom stereocenters. The van der Waals surface area contributed by atoms with E-state index in [0.717, 1.165) is 12.8 Å². The molecule has 0 spiro atoms. The molecular weight excluding hydrogens is 410 g/mol. The van der Waals surface area contributed by atoms with Crippen LogP contribution in [-0.4, -0.2) is 55.7 Å². The number of Topliss-reactive ketones (excluding diaryl/α,β-unsaturated/α-hetero) is 1. The average molecular weight is 440 g/mol. The fourth-order valence-electron chi connectivity index (χ4n) is 3.63. The molecule has 7 heteroatoms. The minimum absolute atomic E-state index is 0.0518. The smallest absolute Gasteiger partial charge is 0.295 e. The highest BCUT2D eigenvalue weighted by Crippen LogP contribution is 2.39. The number of amides is 1. The summed E-state index contributed by atoms with van der Waals surface area (Å²) in [5.41, 5.74) is 1.19. The number of unbranched alkanes of at least 4 members (excludes halogenated alkanes) is 1. The zero-order chi connectivity index (χ0) is 23.1. The van der Waals surface area contributed by atoms with Crippen LogP contribution >= 0.6 is 0 Å². The second-order valence-electron chi connectivity index (χ2n) is 7.48. The van der Waals surface area contributed by atoms with Gasteiger partial charge in [0, 0.05) is 19.2 Å². The van der Waals surface area contributed by atoms with Gasteiger partial charge in [0.1, 0.15) is 17.3 Å². The second-order valence-corrected chi connectivity index (χ2v) is 7.48. The molecule has 1 heterocycles. The molecular formula is C25H29NO6. The van der Waals surface area contributed by atoms with Crippen LogP contribution in [0.2, 0.25) is 0 Å². The normalized spacial score (nSPS) is 17.6. The van der Waals surface area contributed by atoms with E-state index < -0.39 is 17.7 Å². The van der Waals surface area contributed by atoms with Crippen molar-refractivity contribution in [3.8, 4) is 11.5 Å². The van der Waals surface area contributed by atoms with E-state index in [-0.39, 0.29) is 24.5 Å². The molecule has 1 saturated heterocycles. The van der Waals surface area contributed by atoms with Gasteiger partial charge in [-0.15, -0.1) is 0 Å². The van der Waals surface area contributed by atoms with E-state index in [1.54, 1.807) is 31.4 Å². The Morgan fingerprint density at radius 2 is 1.62 bits per heavy atom. The Bertz CT molecular complexity index is 965. The lowest BCUT2D eigenvalue weighted by Crippen LogP contribution is -2.32. The van der Waals surface area contributed by atoms with Crippen LogP contribution in [-0.2, 0) is 14.3 Å². The lowest BCUT2D eigenvalue weighted by Gasteiger charge is -2.25. The van der Waals surface area contributed by atoms with Gasteiger partial charge in [-0.25, -0.2) is 0 Å². The topological polar surface area (TPSA) is 85.3 Å². The number of carbonyl (C=O) groups excluding carboxylic acids is 2. The summed E-state index contributed by atoms with van der Waals surface area (Å²) in [5.74, 6) is -0.268. The molecule has 7 nitrogen and oxygen atoms in total. The zero-order valence-corrected chi connectivity index (χ0v) is 18.7. The highest BCUT2D eigenvalue weighted by Gasteiger charge is 2.45. The maximum absolute atomic E-state index is 12.9. The lowest BCUT2D eigenvalue weighted by atomic mass is 9.95. The van der Waals surface area contributed by atoms with Crippen molar-refractivity contribution < 1.29 is 28.9 Å². The van der Waals surface area contributed by atoms with Crippen LogP contribution in [0.15, 0.2) is 54.1 Å². The Kier molecular flexibility index (Phi) is 7.89. The Hall–Kier alpha value is -3.32. The number of ether oxygens (including phenoxy) is 3.